The molecule has 168 valence electrons. The summed E-state index contributed by atoms with van der Waals surface area (Å²) in [7, 11) is -3.80. The normalized spacial score (nSPS) is 14.9. The molecule has 1 saturated heterocycles. The highest BCUT2D eigenvalue weighted by Crippen LogP contribution is 2.32. The molecule has 4 rings (SSSR count). The number of anilines is 1. The molecule has 1 aromatic heterocycles. The Bertz CT molecular complexity index is 1140. The molecule has 0 bridgehead atoms. The van der Waals surface area contributed by atoms with Crippen LogP contribution in [0.15, 0.2) is 52.0 Å². The van der Waals surface area contributed by atoms with Gasteiger partial charge in [0.25, 0.3) is 10.0 Å². The van der Waals surface area contributed by atoms with Gasteiger partial charge in [-0.3, -0.25) is 9.62 Å². The monoisotopic (exact) mass is 486 g/mol. The Kier molecular flexibility index (Phi) is 7.72. The number of morpholine rings is 1. The fraction of sp³-hybridized carbons (Fsp3) is 0.333. The first-order valence-corrected chi connectivity index (χ1v) is 11.5. The molecule has 31 heavy (non-hydrogen) atoms. The van der Waals surface area contributed by atoms with Crippen molar-refractivity contribution in [3.8, 4) is 5.75 Å². The Hall–Kier alpha value is -1.97. The number of nitrogens with zero attached hydrogens (tertiary/aromatic N) is 1. The summed E-state index contributed by atoms with van der Waals surface area (Å²) >= 11 is 6.10. The minimum Gasteiger partial charge on any atom is -0.488 e. The van der Waals surface area contributed by atoms with E-state index in [0.717, 1.165) is 43.8 Å². The summed E-state index contributed by atoms with van der Waals surface area (Å²) in [6.07, 6.45) is 1.55. The molecule has 0 aliphatic carbocycles. The summed E-state index contributed by atoms with van der Waals surface area (Å²) in [6.45, 7) is 6.23. The second-order valence-corrected chi connectivity index (χ2v) is 9.22. The first-order valence-electron chi connectivity index (χ1n) is 9.65. The van der Waals surface area contributed by atoms with Crippen molar-refractivity contribution in [3.05, 3.63) is 53.2 Å². The van der Waals surface area contributed by atoms with Gasteiger partial charge in [0.05, 0.1) is 30.1 Å². The van der Waals surface area contributed by atoms with E-state index in [-0.39, 0.29) is 17.3 Å². The fourth-order valence-electron chi connectivity index (χ4n) is 3.28. The lowest BCUT2D eigenvalue weighted by molar-refractivity contribution is 0.0323. The summed E-state index contributed by atoms with van der Waals surface area (Å²) in [5.74, 6) is 0.491. The van der Waals surface area contributed by atoms with Crippen LogP contribution in [0.2, 0.25) is 5.02 Å². The molecule has 0 spiro atoms. The first-order chi connectivity index (χ1) is 14.4. The Morgan fingerprint density at radius 2 is 1.94 bits per heavy atom. The van der Waals surface area contributed by atoms with Crippen LogP contribution in [0.1, 0.15) is 5.56 Å². The molecule has 0 atom stereocenters. The summed E-state index contributed by atoms with van der Waals surface area (Å²) in [4.78, 5) is 2.36. The van der Waals surface area contributed by atoms with Crippen molar-refractivity contribution in [3.63, 3.8) is 0 Å². The number of rotatable bonds is 7. The SMILES string of the molecule is Cc1ccc(S(=O)(=O)Nc2cc(OCCN3CCOCC3)c3occc3c2)cc1Cl.Cl. The summed E-state index contributed by atoms with van der Waals surface area (Å²) in [5, 5.41) is 1.15. The highest BCUT2D eigenvalue weighted by Gasteiger charge is 2.18. The number of ether oxygens (including phenoxy) is 2. The van der Waals surface area contributed by atoms with Crippen LogP contribution in [0.3, 0.4) is 0 Å². The van der Waals surface area contributed by atoms with Gasteiger partial charge in [0.15, 0.2) is 11.3 Å². The molecule has 0 unspecified atom stereocenters. The van der Waals surface area contributed by atoms with E-state index in [1.807, 2.05) is 6.92 Å². The third kappa shape index (κ3) is 5.64. The summed E-state index contributed by atoms with van der Waals surface area (Å²) in [6, 6.07) is 9.76. The molecule has 1 aliphatic heterocycles. The molecular formula is C21H24Cl2N2O5S. The Balaban J connectivity index is 0.00000272. The lowest BCUT2D eigenvalue weighted by Gasteiger charge is -2.26. The number of halogens is 2. The summed E-state index contributed by atoms with van der Waals surface area (Å²) < 4.78 is 45.1. The van der Waals surface area contributed by atoms with Gasteiger partial charge in [0.1, 0.15) is 6.61 Å². The van der Waals surface area contributed by atoms with Gasteiger partial charge in [-0.25, -0.2) is 8.42 Å². The smallest absolute Gasteiger partial charge is 0.261 e. The Morgan fingerprint density at radius 1 is 1.16 bits per heavy atom. The molecule has 0 amide bonds. The van der Waals surface area contributed by atoms with Crippen LogP contribution < -0.4 is 9.46 Å². The average Bonchev–Trinajstić information content (AvgIpc) is 3.19. The van der Waals surface area contributed by atoms with E-state index in [2.05, 4.69) is 9.62 Å². The Morgan fingerprint density at radius 3 is 2.68 bits per heavy atom. The van der Waals surface area contributed by atoms with E-state index in [1.165, 1.54) is 12.1 Å². The first kappa shape index (κ1) is 23.7. The topological polar surface area (TPSA) is 81.0 Å². The van der Waals surface area contributed by atoms with Crippen molar-refractivity contribution in [2.24, 2.45) is 0 Å². The standard InChI is InChI=1S/C21H23ClN2O5S.ClH/c1-15-2-3-18(14-19(15)22)30(25,26)23-17-12-16-4-8-29-21(16)20(13-17)28-11-7-24-5-9-27-10-6-24;/h2-4,8,12-14,23H,5-7,9-11H2,1H3;1H. The highest BCUT2D eigenvalue weighted by atomic mass is 35.5. The average molecular weight is 487 g/mol. The van der Waals surface area contributed by atoms with Gasteiger partial charge >= 0.3 is 0 Å². The van der Waals surface area contributed by atoms with Crippen molar-refractivity contribution >= 4 is 50.7 Å². The number of nitrogens with one attached hydrogen (secondary N) is 1. The molecule has 10 heteroatoms. The number of fused-ring (bicyclic) bond motifs is 1. The van der Waals surface area contributed by atoms with Crippen LogP contribution in [0.5, 0.6) is 5.75 Å². The zero-order valence-corrected chi connectivity index (χ0v) is 19.4. The number of furan rings is 1. The van der Waals surface area contributed by atoms with Gasteiger partial charge in [0, 0.05) is 36.1 Å². The van der Waals surface area contributed by atoms with Gasteiger partial charge in [-0.15, -0.1) is 12.4 Å². The number of benzene rings is 2. The van der Waals surface area contributed by atoms with E-state index in [0.29, 0.717) is 28.6 Å². The number of sulfonamides is 1. The van der Waals surface area contributed by atoms with E-state index in [1.54, 1.807) is 30.5 Å². The molecule has 3 aromatic rings. The van der Waals surface area contributed by atoms with Gasteiger partial charge in [0.2, 0.25) is 0 Å². The second kappa shape index (κ2) is 10.1. The van der Waals surface area contributed by atoms with Crippen molar-refractivity contribution in [1.29, 1.82) is 0 Å². The molecule has 1 fully saturated rings. The van der Waals surface area contributed by atoms with Gasteiger partial charge in [-0.2, -0.15) is 0 Å². The molecule has 1 N–H and O–H groups in total. The third-order valence-corrected chi connectivity index (χ3v) is 6.78. The van der Waals surface area contributed by atoms with Crippen molar-refractivity contribution < 1.29 is 22.3 Å². The highest BCUT2D eigenvalue weighted by molar-refractivity contribution is 7.92. The van der Waals surface area contributed by atoms with Crippen LogP contribution in [-0.4, -0.2) is 52.8 Å². The zero-order valence-electron chi connectivity index (χ0n) is 17.0. The molecule has 2 aromatic carbocycles. The van der Waals surface area contributed by atoms with Gasteiger partial charge in [-0.05, 0) is 36.8 Å². The molecule has 7 nitrogen and oxygen atoms in total. The largest absolute Gasteiger partial charge is 0.488 e. The third-order valence-electron chi connectivity index (χ3n) is 4.99. The quantitative estimate of drug-likeness (QED) is 0.535. The zero-order chi connectivity index (χ0) is 21.1. The minimum atomic E-state index is -3.80. The number of hydrogen-bond acceptors (Lipinski definition) is 6. The summed E-state index contributed by atoms with van der Waals surface area (Å²) in [5.41, 5.74) is 1.78. The van der Waals surface area contributed by atoms with E-state index >= 15 is 0 Å². The maximum absolute atomic E-state index is 12.8. The van der Waals surface area contributed by atoms with E-state index in [4.69, 9.17) is 25.5 Å². The predicted molar refractivity (Wildman–Crippen MR) is 123 cm³/mol. The number of aryl methyl sites for hydroxylation is 1. The van der Waals surface area contributed by atoms with Crippen LogP contribution in [0.4, 0.5) is 5.69 Å². The van der Waals surface area contributed by atoms with Crippen LogP contribution >= 0.6 is 24.0 Å². The molecule has 2 heterocycles. The lowest BCUT2D eigenvalue weighted by Crippen LogP contribution is -2.38. The number of hydrogen-bond donors (Lipinski definition) is 1. The molecule has 1 aliphatic rings. The van der Waals surface area contributed by atoms with Crippen molar-refractivity contribution in [2.45, 2.75) is 11.8 Å². The molecule has 0 radical (unpaired) electrons. The Labute approximate surface area is 192 Å². The van der Waals surface area contributed by atoms with E-state index < -0.39 is 10.0 Å². The van der Waals surface area contributed by atoms with Crippen molar-refractivity contribution in [1.82, 2.24) is 4.90 Å². The minimum absolute atomic E-state index is 0. The fourth-order valence-corrected chi connectivity index (χ4v) is 4.59. The molecular weight excluding hydrogens is 463 g/mol. The lowest BCUT2D eigenvalue weighted by atomic mass is 10.2. The maximum atomic E-state index is 12.8. The van der Waals surface area contributed by atoms with Crippen LogP contribution in [0.25, 0.3) is 11.0 Å². The predicted octanol–water partition coefficient (Wildman–Crippen LogP) is 4.33. The van der Waals surface area contributed by atoms with Crippen molar-refractivity contribution in [2.75, 3.05) is 44.2 Å². The molecule has 0 saturated carbocycles. The second-order valence-electron chi connectivity index (χ2n) is 7.13. The van der Waals surface area contributed by atoms with Crippen LogP contribution in [-0.2, 0) is 14.8 Å². The van der Waals surface area contributed by atoms with Gasteiger partial charge in [-0.1, -0.05) is 17.7 Å². The van der Waals surface area contributed by atoms with Gasteiger partial charge < -0.3 is 13.9 Å². The van der Waals surface area contributed by atoms with E-state index in [9.17, 15) is 8.42 Å². The van der Waals surface area contributed by atoms with Crippen LogP contribution in [0, 0.1) is 6.92 Å². The maximum Gasteiger partial charge on any atom is 0.261 e.